The molecular weight excluding hydrogens is 585 g/mol. The summed E-state index contributed by atoms with van der Waals surface area (Å²) in [7, 11) is -2.05. The number of carbonyl (C=O) groups excluding carboxylic acids is 2. The maximum atomic E-state index is 12.5. The molecule has 0 spiro atoms. The molecular formula is C23H29N5O13P+. The second kappa shape index (κ2) is 12.6. The summed E-state index contributed by atoms with van der Waals surface area (Å²) in [6.45, 7) is -1.21. The van der Waals surface area contributed by atoms with E-state index in [2.05, 4.69) is 9.51 Å². The highest BCUT2D eigenvalue weighted by atomic mass is 31.2. The molecule has 228 valence electrons. The average molecular weight is 614 g/mol. The van der Waals surface area contributed by atoms with Gasteiger partial charge in [0.25, 0.3) is 11.8 Å². The van der Waals surface area contributed by atoms with E-state index in [1.54, 1.807) is 0 Å². The van der Waals surface area contributed by atoms with Gasteiger partial charge in [0, 0.05) is 26.6 Å². The molecule has 1 fully saturated rings. The van der Waals surface area contributed by atoms with Gasteiger partial charge in [0.15, 0.2) is 29.7 Å². The fourth-order valence-electron chi connectivity index (χ4n) is 4.25. The van der Waals surface area contributed by atoms with Crippen LogP contribution in [-0.2, 0) is 48.7 Å². The maximum Gasteiger partial charge on any atom is 0.469 e. The molecule has 1 saturated heterocycles. The third-order valence-electron chi connectivity index (χ3n) is 6.40. The Labute approximate surface area is 236 Å². The number of hydrogen-bond donors (Lipinski definition) is 4. The van der Waals surface area contributed by atoms with Crippen LogP contribution in [0.15, 0.2) is 40.4 Å². The second-order valence-corrected chi connectivity index (χ2v) is 10.6. The van der Waals surface area contributed by atoms with Gasteiger partial charge < -0.3 is 38.8 Å². The zero-order valence-electron chi connectivity index (χ0n) is 22.4. The number of rotatable bonds is 11. The molecule has 0 amide bonds. The number of aryl methyl sites for hydroxylation is 1. The molecule has 0 radical (unpaired) electrons. The predicted molar refractivity (Wildman–Crippen MR) is 137 cm³/mol. The average Bonchev–Trinajstić information content (AvgIpc) is 3.49. The molecule has 4 rings (SSSR count). The van der Waals surface area contributed by atoms with Crippen LogP contribution >= 0.6 is 7.82 Å². The first-order valence-electron chi connectivity index (χ1n) is 12.4. The third kappa shape index (κ3) is 6.81. The van der Waals surface area contributed by atoms with Crippen LogP contribution in [0.25, 0.3) is 11.2 Å². The molecule has 3 aromatic heterocycles. The number of carbonyl (C=O) groups is 2. The molecule has 0 aliphatic carbocycles. The molecule has 4 N–H and O–H groups in total. The lowest BCUT2D eigenvalue weighted by molar-refractivity contribution is -0.765. The van der Waals surface area contributed by atoms with Crippen LogP contribution in [0.5, 0.6) is 0 Å². The molecule has 4 heterocycles. The zero-order chi connectivity index (χ0) is 30.8. The number of nitrogens with zero attached hydrogens (tertiary/aromatic N) is 5. The van der Waals surface area contributed by atoms with E-state index in [1.165, 1.54) is 58.7 Å². The molecule has 1 aliphatic heterocycles. The number of esters is 2. The van der Waals surface area contributed by atoms with Crippen molar-refractivity contribution in [3.63, 3.8) is 0 Å². The monoisotopic (exact) mass is 614 g/mol. The normalized spacial score (nSPS) is 20.6. The number of fused-ring (bicyclic) bond motifs is 1. The Morgan fingerprint density at radius 1 is 1.12 bits per heavy atom. The van der Waals surface area contributed by atoms with Crippen molar-refractivity contribution in [1.29, 1.82) is 0 Å². The number of phosphoric ester groups is 1. The summed E-state index contributed by atoms with van der Waals surface area (Å²) in [4.78, 5) is 71.0. The minimum Gasteiger partial charge on any atom is -0.464 e. The van der Waals surface area contributed by atoms with E-state index < -0.39 is 62.2 Å². The van der Waals surface area contributed by atoms with Gasteiger partial charge in [-0.3, -0.25) is 23.2 Å². The Morgan fingerprint density at radius 2 is 1.83 bits per heavy atom. The first-order chi connectivity index (χ1) is 19.8. The largest absolute Gasteiger partial charge is 0.469 e. The number of imidazole rings is 1. The van der Waals surface area contributed by atoms with Crippen LogP contribution in [0.2, 0.25) is 0 Å². The van der Waals surface area contributed by atoms with Crippen molar-refractivity contribution in [1.82, 2.24) is 18.7 Å². The number of aliphatic hydroxyl groups is 2. The maximum absolute atomic E-state index is 12.5. The van der Waals surface area contributed by atoms with Crippen LogP contribution in [0.3, 0.4) is 0 Å². The number of hydrogen-bond acceptors (Lipinski definition) is 12. The highest BCUT2D eigenvalue weighted by molar-refractivity contribution is 7.46. The number of aromatic nitrogens is 5. The molecule has 3 aromatic rings. The molecule has 0 unspecified atom stereocenters. The van der Waals surface area contributed by atoms with Gasteiger partial charge in [-0.2, -0.15) is 4.57 Å². The Balaban J connectivity index is 1.26. The number of ether oxygens (including phenoxy) is 3. The first kappa shape index (κ1) is 31.2. The van der Waals surface area contributed by atoms with Gasteiger partial charge in [0.2, 0.25) is 0 Å². The summed E-state index contributed by atoms with van der Waals surface area (Å²) in [6, 6.07) is 2.89. The standard InChI is InChI=1S/C23H28N5O13P/c1-25-19-16(20(32)26(2)23(25)34)28(12-24-19)10-15(29)38-7-4-8-39-22(33)13-5-3-6-27(9-13)21-18(31)17(30)14(41-21)11-40-42(35,36)37/h3,5-6,9,12,14,17-18,21,30-31H,4,7-8,10-11H2,1-2H3,(H-,35,36,37)/p+1/t14-,17-,18-,21-/m1/s1. The summed E-state index contributed by atoms with van der Waals surface area (Å²) in [6.07, 6.45) is -1.27. The van der Waals surface area contributed by atoms with Gasteiger partial charge in [0.1, 0.15) is 24.3 Å². The lowest BCUT2D eigenvalue weighted by Gasteiger charge is -2.13. The molecule has 4 atom stereocenters. The SMILES string of the molecule is Cn1c(=O)c2c(ncn2CC(=O)OCCCOC(=O)c2ccc[n+]([C@@H]3O[C@H](COP(=O)(O)O)[C@@H](O)[C@H]3O)c2)n(C)c1=O. The topological polar surface area (TPSA) is 235 Å². The van der Waals surface area contributed by atoms with Crippen molar-refractivity contribution < 1.29 is 57.5 Å². The van der Waals surface area contributed by atoms with E-state index in [-0.39, 0.29) is 42.9 Å². The fraction of sp³-hybridized carbons (Fsp3) is 0.478. The van der Waals surface area contributed by atoms with E-state index in [0.717, 1.165) is 4.57 Å². The van der Waals surface area contributed by atoms with E-state index >= 15 is 0 Å². The van der Waals surface area contributed by atoms with Crippen molar-refractivity contribution >= 4 is 30.9 Å². The van der Waals surface area contributed by atoms with Crippen molar-refractivity contribution in [2.75, 3.05) is 19.8 Å². The Morgan fingerprint density at radius 3 is 2.55 bits per heavy atom. The van der Waals surface area contributed by atoms with Crippen LogP contribution in [-0.4, -0.2) is 88.8 Å². The number of phosphoric acid groups is 1. The van der Waals surface area contributed by atoms with Crippen LogP contribution in [0.1, 0.15) is 23.0 Å². The quantitative estimate of drug-likeness (QED) is 0.0742. The third-order valence-corrected chi connectivity index (χ3v) is 6.88. The minimum atomic E-state index is -4.82. The van der Waals surface area contributed by atoms with Gasteiger partial charge >= 0.3 is 25.5 Å². The van der Waals surface area contributed by atoms with E-state index in [9.17, 15) is 34.0 Å². The van der Waals surface area contributed by atoms with Crippen LogP contribution < -0.4 is 15.8 Å². The summed E-state index contributed by atoms with van der Waals surface area (Å²) >= 11 is 0. The van der Waals surface area contributed by atoms with Gasteiger partial charge in [-0.1, -0.05) is 0 Å². The Kier molecular flexibility index (Phi) is 9.37. The summed E-state index contributed by atoms with van der Waals surface area (Å²) < 4.78 is 35.7. The van der Waals surface area contributed by atoms with Gasteiger partial charge in [-0.25, -0.2) is 19.1 Å². The number of pyridine rings is 1. The van der Waals surface area contributed by atoms with E-state index in [0.29, 0.717) is 0 Å². The lowest BCUT2D eigenvalue weighted by Crippen LogP contribution is -2.46. The zero-order valence-corrected chi connectivity index (χ0v) is 23.3. The van der Waals surface area contributed by atoms with Gasteiger partial charge in [-0.05, 0) is 6.07 Å². The highest BCUT2D eigenvalue weighted by Crippen LogP contribution is 2.37. The van der Waals surface area contributed by atoms with Gasteiger partial charge in [-0.15, -0.1) is 0 Å². The summed E-state index contributed by atoms with van der Waals surface area (Å²) in [5.74, 6) is -1.42. The summed E-state index contributed by atoms with van der Waals surface area (Å²) in [5, 5.41) is 20.5. The second-order valence-electron chi connectivity index (χ2n) is 9.33. The van der Waals surface area contributed by atoms with Gasteiger partial charge in [0.05, 0.1) is 26.1 Å². The highest BCUT2D eigenvalue weighted by Gasteiger charge is 2.49. The van der Waals surface area contributed by atoms with Crippen molar-refractivity contribution in [2.24, 2.45) is 14.1 Å². The summed E-state index contributed by atoms with van der Waals surface area (Å²) in [5.41, 5.74) is -0.892. The number of aliphatic hydroxyl groups excluding tert-OH is 2. The molecule has 0 aromatic carbocycles. The Hall–Kier alpha value is -3.77. The van der Waals surface area contributed by atoms with Crippen LogP contribution in [0, 0.1) is 0 Å². The predicted octanol–water partition coefficient (Wildman–Crippen LogP) is -2.76. The molecule has 18 nitrogen and oxygen atoms in total. The smallest absolute Gasteiger partial charge is 0.464 e. The first-order valence-corrected chi connectivity index (χ1v) is 14.0. The molecule has 19 heteroatoms. The molecule has 0 bridgehead atoms. The lowest BCUT2D eigenvalue weighted by atomic mass is 10.1. The molecule has 0 saturated carbocycles. The van der Waals surface area contributed by atoms with E-state index in [4.69, 9.17) is 24.0 Å². The van der Waals surface area contributed by atoms with Crippen LogP contribution in [0.4, 0.5) is 0 Å². The Bertz CT molecular complexity index is 1640. The van der Waals surface area contributed by atoms with Crippen molar-refractivity contribution in [3.05, 3.63) is 57.3 Å². The van der Waals surface area contributed by atoms with Crippen molar-refractivity contribution in [3.8, 4) is 0 Å². The molecule has 42 heavy (non-hydrogen) atoms. The van der Waals surface area contributed by atoms with Crippen molar-refractivity contribution in [2.45, 2.75) is 37.5 Å². The fourth-order valence-corrected chi connectivity index (χ4v) is 4.59. The molecule has 1 aliphatic rings. The minimum absolute atomic E-state index is 0.0673. The van der Waals surface area contributed by atoms with E-state index in [1.807, 2.05) is 0 Å².